The molecule has 0 fully saturated rings. The molecule has 3 N–H and O–H groups in total. The molecule has 0 saturated heterocycles. The Bertz CT molecular complexity index is 624. The zero-order valence-electron chi connectivity index (χ0n) is 10.9. The van der Waals surface area contributed by atoms with E-state index in [1.807, 2.05) is 6.07 Å². The number of nitrogens with zero attached hydrogens (tertiary/aromatic N) is 3. The van der Waals surface area contributed by atoms with Gasteiger partial charge in [0.1, 0.15) is 6.07 Å². The first-order chi connectivity index (χ1) is 9.69. The standard InChI is InChI=1S/C14H15N5O/c15-10-13-17-7-9-19(13)8-1-2-14(20)18-12-5-3-11(16)4-6-12/h3-7,9H,1-2,8,16H2,(H,18,20). The number of aromatic nitrogens is 2. The van der Waals surface area contributed by atoms with Crippen LogP contribution in [0, 0.1) is 11.3 Å². The van der Waals surface area contributed by atoms with E-state index in [2.05, 4.69) is 10.3 Å². The molecule has 6 heteroatoms. The van der Waals surface area contributed by atoms with Crippen molar-refractivity contribution in [3.63, 3.8) is 0 Å². The van der Waals surface area contributed by atoms with Gasteiger partial charge in [0.15, 0.2) is 0 Å². The van der Waals surface area contributed by atoms with E-state index < -0.39 is 0 Å². The number of hydrogen-bond acceptors (Lipinski definition) is 4. The molecule has 1 amide bonds. The molecule has 0 saturated carbocycles. The average molecular weight is 269 g/mol. The summed E-state index contributed by atoms with van der Waals surface area (Å²) in [5.41, 5.74) is 6.96. The van der Waals surface area contributed by atoms with Gasteiger partial charge in [0.25, 0.3) is 0 Å². The summed E-state index contributed by atoms with van der Waals surface area (Å²) in [6.07, 6.45) is 4.34. The van der Waals surface area contributed by atoms with Crippen LogP contribution in [-0.2, 0) is 11.3 Å². The quantitative estimate of drug-likeness (QED) is 0.808. The van der Waals surface area contributed by atoms with Gasteiger partial charge in [-0.1, -0.05) is 0 Å². The van der Waals surface area contributed by atoms with Crippen LogP contribution in [0.2, 0.25) is 0 Å². The predicted molar refractivity (Wildman–Crippen MR) is 75.7 cm³/mol. The largest absolute Gasteiger partial charge is 0.399 e. The topological polar surface area (TPSA) is 96.7 Å². The summed E-state index contributed by atoms with van der Waals surface area (Å²) in [7, 11) is 0. The number of imidazole rings is 1. The number of nitrogens with one attached hydrogen (secondary N) is 1. The summed E-state index contributed by atoms with van der Waals surface area (Å²) >= 11 is 0. The van der Waals surface area contributed by atoms with E-state index >= 15 is 0 Å². The smallest absolute Gasteiger partial charge is 0.224 e. The van der Waals surface area contributed by atoms with Crippen LogP contribution < -0.4 is 11.1 Å². The van der Waals surface area contributed by atoms with Crippen LogP contribution in [0.4, 0.5) is 11.4 Å². The van der Waals surface area contributed by atoms with Crippen LogP contribution >= 0.6 is 0 Å². The highest BCUT2D eigenvalue weighted by molar-refractivity contribution is 5.90. The van der Waals surface area contributed by atoms with Gasteiger partial charge in [-0.05, 0) is 30.7 Å². The molecule has 0 unspecified atom stereocenters. The molecule has 0 radical (unpaired) electrons. The van der Waals surface area contributed by atoms with Crippen molar-refractivity contribution in [1.82, 2.24) is 9.55 Å². The van der Waals surface area contributed by atoms with E-state index in [9.17, 15) is 4.79 Å². The predicted octanol–water partition coefficient (Wildman–Crippen LogP) is 1.76. The number of anilines is 2. The highest BCUT2D eigenvalue weighted by Gasteiger charge is 2.04. The van der Waals surface area contributed by atoms with Crippen molar-refractivity contribution in [2.45, 2.75) is 19.4 Å². The number of nitrogen functional groups attached to an aromatic ring is 1. The first-order valence-electron chi connectivity index (χ1n) is 6.25. The lowest BCUT2D eigenvalue weighted by atomic mass is 10.2. The number of benzene rings is 1. The fourth-order valence-corrected chi connectivity index (χ4v) is 1.80. The number of carbonyl (C=O) groups is 1. The highest BCUT2D eigenvalue weighted by atomic mass is 16.1. The maximum absolute atomic E-state index is 11.7. The molecule has 0 atom stereocenters. The SMILES string of the molecule is N#Cc1nccn1CCCC(=O)Nc1ccc(N)cc1. The van der Waals surface area contributed by atoms with Crippen molar-refractivity contribution in [1.29, 1.82) is 5.26 Å². The Morgan fingerprint density at radius 1 is 1.40 bits per heavy atom. The Hall–Kier alpha value is -2.81. The van der Waals surface area contributed by atoms with Crippen molar-refractivity contribution in [2.24, 2.45) is 0 Å². The number of carbonyl (C=O) groups excluding carboxylic acids is 1. The molecule has 20 heavy (non-hydrogen) atoms. The Balaban J connectivity index is 1.78. The first kappa shape index (κ1) is 13.6. The number of rotatable bonds is 5. The van der Waals surface area contributed by atoms with Gasteiger partial charge in [-0.3, -0.25) is 4.79 Å². The minimum atomic E-state index is -0.0617. The van der Waals surface area contributed by atoms with Crippen molar-refractivity contribution in [2.75, 3.05) is 11.1 Å². The second-order valence-corrected chi connectivity index (χ2v) is 4.33. The lowest BCUT2D eigenvalue weighted by Gasteiger charge is -2.06. The highest BCUT2D eigenvalue weighted by Crippen LogP contribution is 2.11. The minimum Gasteiger partial charge on any atom is -0.399 e. The van der Waals surface area contributed by atoms with Crippen molar-refractivity contribution >= 4 is 17.3 Å². The van der Waals surface area contributed by atoms with Gasteiger partial charge < -0.3 is 15.6 Å². The third-order valence-electron chi connectivity index (χ3n) is 2.81. The third kappa shape index (κ3) is 3.59. The molecule has 0 spiro atoms. The molecular weight excluding hydrogens is 254 g/mol. The van der Waals surface area contributed by atoms with Crippen LogP contribution in [0.3, 0.4) is 0 Å². The van der Waals surface area contributed by atoms with E-state index in [1.165, 1.54) is 0 Å². The molecule has 2 rings (SSSR count). The zero-order chi connectivity index (χ0) is 14.4. The number of amides is 1. The molecule has 102 valence electrons. The van der Waals surface area contributed by atoms with Gasteiger partial charge in [0.2, 0.25) is 11.7 Å². The maximum Gasteiger partial charge on any atom is 0.224 e. The summed E-state index contributed by atoms with van der Waals surface area (Å²) in [6.45, 7) is 0.595. The normalized spacial score (nSPS) is 9.95. The summed E-state index contributed by atoms with van der Waals surface area (Å²) < 4.78 is 1.73. The van der Waals surface area contributed by atoms with E-state index in [1.54, 1.807) is 41.2 Å². The van der Waals surface area contributed by atoms with Gasteiger partial charge in [0.05, 0.1) is 0 Å². The number of nitriles is 1. The lowest BCUT2D eigenvalue weighted by molar-refractivity contribution is -0.116. The number of nitrogens with two attached hydrogens (primary N) is 1. The molecule has 0 aliphatic rings. The van der Waals surface area contributed by atoms with E-state index in [-0.39, 0.29) is 5.91 Å². The molecule has 1 aromatic carbocycles. The molecule has 0 aliphatic carbocycles. The first-order valence-corrected chi connectivity index (χ1v) is 6.25. The Morgan fingerprint density at radius 3 is 2.85 bits per heavy atom. The van der Waals surface area contributed by atoms with Crippen molar-refractivity contribution in [3.05, 3.63) is 42.5 Å². The van der Waals surface area contributed by atoms with E-state index in [0.29, 0.717) is 30.9 Å². The van der Waals surface area contributed by atoms with Crippen LogP contribution in [0.5, 0.6) is 0 Å². The molecule has 0 aliphatic heterocycles. The fourth-order valence-electron chi connectivity index (χ4n) is 1.80. The third-order valence-corrected chi connectivity index (χ3v) is 2.81. The number of hydrogen-bond donors (Lipinski definition) is 2. The minimum absolute atomic E-state index is 0.0617. The van der Waals surface area contributed by atoms with E-state index in [0.717, 1.165) is 5.69 Å². The van der Waals surface area contributed by atoms with Gasteiger partial charge >= 0.3 is 0 Å². The van der Waals surface area contributed by atoms with Gasteiger partial charge in [-0.25, -0.2) is 4.98 Å². The van der Waals surface area contributed by atoms with Crippen LogP contribution in [0.15, 0.2) is 36.7 Å². The van der Waals surface area contributed by atoms with Gasteiger partial charge in [-0.2, -0.15) is 5.26 Å². The van der Waals surface area contributed by atoms with E-state index in [4.69, 9.17) is 11.0 Å². The fraction of sp³-hybridized carbons (Fsp3) is 0.214. The molecule has 2 aromatic rings. The molecule has 6 nitrogen and oxygen atoms in total. The lowest BCUT2D eigenvalue weighted by Crippen LogP contribution is -2.12. The van der Waals surface area contributed by atoms with Crippen LogP contribution in [0.25, 0.3) is 0 Å². The van der Waals surface area contributed by atoms with Crippen LogP contribution in [0.1, 0.15) is 18.7 Å². The van der Waals surface area contributed by atoms with Crippen molar-refractivity contribution in [3.8, 4) is 6.07 Å². The Labute approximate surface area is 116 Å². The zero-order valence-corrected chi connectivity index (χ0v) is 10.9. The van der Waals surface area contributed by atoms with Crippen LogP contribution in [-0.4, -0.2) is 15.5 Å². The Morgan fingerprint density at radius 2 is 2.15 bits per heavy atom. The molecule has 0 bridgehead atoms. The summed E-state index contributed by atoms with van der Waals surface area (Å²) in [4.78, 5) is 15.6. The second kappa shape index (κ2) is 6.38. The summed E-state index contributed by atoms with van der Waals surface area (Å²) in [5.74, 6) is 0.303. The van der Waals surface area contributed by atoms with Gasteiger partial charge in [0, 0.05) is 36.7 Å². The molecule has 1 heterocycles. The van der Waals surface area contributed by atoms with Gasteiger partial charge in [-0.15, -0.1) is 0 Å². The molecular formula is C14H15N5O. The Kier molecular flexibility index (Phi) is 4.35. The summed E-state index contributed by atoms with van der Waals surface area (Å²) in [6, 6.07) is 8.99. The average Bonchev–Trinajstić information content (AvgIpc) is 2.89. The maximum atomic E-state index is 11.7. The molecule has 1 aromatic heterocycles. The monoisotopic (exact) mass is 269 g/mol. The second-order valence-electron chi connectivity index (χ2n) is 4.33. The summed E-state index contributed by atoms with van der Waals surface area (Å²) in [5, 5.41) is 11.6. The number of aryl methyl sites for hydroxylation is 1. The van der Waals surface area contributed by atoms with Crippen molar-refractivity contribution < 1.29 is 4.79 Å².